The summed E-state index contributed by atoms with van der Waals surface area (Å²) in [4.78, 5) is 0. The third kappa shape index (κ3) is 1.15. The Bertz CT molecular complexity index is 350. The van der Waals surface area contributed by atoms with E-state index in [1.165, 1.54) is 12.0 Å². The summed E-state index contributed by atoms with van der Waals surface area (Å²) in [5.41, 5.74) is 1.32. The van der Waals surface area contributed by atoms with Gasteiger partial charge in [0, 0.05) is 16.9 Å². The van der Waals surface area contributed by atoms with Gasteiger partial charge in [0.2, 0.25) is 0 Å². The summed E-state index contributed by atoms with van der Waals surface area (Å²) >= 11 is 6.37. The molecule has 0 radical (unpaired) electrons. The van der Waals surface area contributed by atoms with Gasteiger partial charge in [-0.25, -0.2) is 0 Å². The first-order valence-electron chi connectivity index (χ1n) is 5.26. The summed E-state index contributed by atoms with van der Waals surface area (Å²) in [6.45, 7) is 0. The molecule has 3 rings (SSSR count). The number of hydrogen-bond acceptors (Lipinski definition) is 1. The highest BCUT2D eigenvalue weighted by molar-refractivity contribution is 6.21. The first kappa shape index (κ1) is 8.60. The topological polar surface area (TPSA) is 9.23 Å². The zero-order chi connectivity index (χ0) is 9.54. The average Bonchev–Trinajstić information content (AvgIpc) is 2.57. The molecule has 0 amide bonds. The fourth-order valence-corrected chi connectivity index (χ4v) is 3.11. The van der Waals surface area contributed by atoms with Crippen LogP contribution in [-0.4, -0.2) is 11.5 Å². The molecular formula is C12H13ClO. The predicted molar refractivity (Wildman–Crippen MR) is 57.1 cm³/mol. The van der Waals surface area contributed by atoms with Crippen molar-refractivity contribution in [3.8, 4) is 5.75 Å². The Morgan fingerprint density at radius 3 is 3.00 bits per heavy atom. The Hall–Kier alpha value is -0.690. The lowest BCUT2D eigenvalue weighted by molar-refractivity contribution is 0.166. The Labute approximate surface area is 89.0 Å². The number of alkyl halides is 1. The molecule has 0 saturated heterocycles. The maximum atomic E-state index is 6.37. The van der Waals surface area contributed by atoms with Crippen LogP contribution >= 0.6 is 11.6 Å². The third-order valence-corrected chi connectivity index (χ3v) is 3.80. The molecule has 3 atom stereocenters. The van der Waals surface area contributed by atoms with Crippen molar-refractivity contribution in [1.82, 2.24) is 0 Å². The first-order chi connectivity index (χ1) is 6.86. The molecule has 1 heterocycles. The van der Waals surface area contributed by atoms with E-state index in [-0.39, 0.29) is 5.38 Å². The van der Waals surface area contributed by atoms with Crippen molar-refractivity contribution in [2.24, 2.45) is 0 Å². The number of hydrogen-bond donors (Lipinski definition) is 0. The fourth-order valence-electron chi connectivity index (χ4n) is 2.66. The number of halogens is 1. The highest BCUT2D eigenvalue weighted by Crippen LogP contribution is 2.47. The van der Waals surface area contributed by atoms with E-state index in [2.05, 4.69) is 18.2 Å². The number of para-hydroxylation sites is 1. The molecule has 1 aliphatic heterocycles. The molecule has 1 aromatic rings. The maximum Gasteiger partial charge on any atom is 0.123 e. The van der Waals surface area contributed by atoms with Gasteiger partial charge in [0.15, 0.2) is 0 Å². The molecule has 1 nitrogen and oxygen atoms in total. The van der Waals surface area contributed by atoms with Crippen molar-refractivity contribution in [2.45, 2.75) is 36.7 Å². The van der Waals surface area contributed by atoms with Gasteiger partial charge in [-0.3, -0.25) is 0 Å². The Balaban J connectivity index is 2.03. The molecule has 1 aliphatic carbocycles. The minimum atomic E-state index is 0.261. The van der Waals surface area contributed by atoms with Gasteiger partial charge in [0.1, 0.15) is 11.9 Å². The second-order valence-electron chi connectivity index (χ2n) is 4.17. The lowest BCUT2D eigenvalue weighted by atomic mass is 9.83. The fraction of sp³-hybridized carbons (Fsp3) is 0.500. The van der Waals surface area contributed by atoms with E-state index in [4.69, 9.17) is 16.3 Å². The SMILES string of the molecule is ClC1CCC[C@@H]2Oc3ccccc3C12. The molecule has 74 valence electrons. The second kappa shape index (κ2) is 3.16. The predicted octanol–water partition coefficient (Wildman–Crippen LogP) is 3.32. The van der Waals surface area contributed by atoms with Crippen LogP contribution in [0.3, 0.4) is 0 Å². The summed E-state index contributed by atoms with van der Waals surface area (Å²) in [5, 5.41) is 0.261. The van der Waals surface area contributed by atoms with Crippen LogP contribution in [-0.2, 0) is 0 Å². The maximum absolute atomic E-state index is 6.37. The molecule has 14 heavy (non-hydrogen) atoms. The van der Waals surface area contributed by atoms with E-state index in [1.807, 2.05) is 6.07 Å². The van der Waals surface area contributed by atoms with Gasteiger partial charge in [-0.15, -0.1) is 11.6 Å². The van der Waals surface area contributed by atoms with Crippen LogP contribution in [0.25, 0.3) is 0 Å². The van der Waals surface area contributed by atoms with Gasteiger partial charge in [-0.2, -0.15) is 0 Å². The Morgan fingerprint density at radius 2 is 2.07 bits per heavy atom. The standard InChI is InChI=1S/C12H13ClO/c13-9-5-3-7-11-12(9)8-4-1-2-6-10(8)14-11/h1-2,4,6,9,11-12H,3,5,7H2/t9?,11-,12?/m0/s1. The molecule has 2 aliphatic rings. The quantitative estimate of drug-likeness (QED) is 0.595. The normalized spacial score (nSPS) is 34.5. The van der Waals surface area contributed by atoms with Gasteiger partial charge in [-0.1, -0.05) is 18.2 Å². The van der Waals surface area contributed by atoms with Crippen molar-refractivity contribution in [3.05, 3.63) is 29.8 Å². The van der Waals surface area contributed by atoms with Gasteiger partial charge in [-0.05, 0) is 25.3 Å². The molecule has 2 heteroatoms. The number of ether oxygens (including phenoxy) is 1. The van der Waals surface area contributed by atoms with Gasteiger partial charge < -0.3 is 4.74 Å². The van der Waals surface area contributed by atoms with E-state index in [9.17, 15) is 0 Å². The van der Waals surface area contributed by atoms with Crippen molar-refractivity contribution >= 4 is 11.6 Å². The number of benzene rings is 1. The van der Waals surface area contributed by atoms with E-state index in [0.29, 0.717) is 12.0 Å². The van der Waals surface area contributed by atoms with Crippen LogP contribution in [0, 0.1) is 0 Å². The highest BCUT2D eigenvalue weighted by atomic mass is 35.5. The van der Waals surface area contributed by atoms with Crippen LogP contribution in [0.1, 0.15) is 30.7 Å². The lowest BCUT2D eigenvalue weighted by Crippen LogP contribution is -2.30. The van der Waals surface area contributed by atoms with Crippen molar-refractivity contribution in [3.63, 3.8) is 0 Å². The first-order valence-corrected chi connectivity index (χ1v) is 5.69. The summed E-state index contributed by atoms with van der Waals surface area (Å²) in [6, 6.07) is 8.31. The molecule has 1 fully saturated rings. The smallest absolute Gasteiger partial charge is 0.123 e. The monoisotopic (exact) mass is 208 g/mol. The molecule has 2 unspecified atom stereocenters. The largest absolute Gasteiger partial charge is 0.489 e. The van der Waals surface area contributed by atoms with Crippen molar-refractivity contribution in [2.75, 3.05) is 0 Å². The lowest BCUT2D eigenvalue weighted by Gasteiger charge is -2.28. The Morgan fingerprint density at radius 1 is 1.21 bits per heavy atom. The molecule has 0 N–H and O–H groups in total. The molecular weight excluding hydrogens is 196 g/mol. The molecule has 0 spiro atoms. The zero-order valence-corrected chi connectivity index (χ0v) is 8.70. The van der Waals surface area contributed by atoms with Crippen molar-refractivity contribution < 1.29 is 4.74 Å². The minimum Gasteiger partial charge on any atom is -0.489 e. The summed E-state index contributed by atoms with van der Waals surface area (Å²) in [6.07, 6.45) is 3.82. The third-order valence-electron chi connectivity index (χ3n) is 3.32. The highest BCUT2D eigenvalue weighted by Gasteiger charge is 2.40. The van der Waals surface area contributed by atoms with Gasteiger partial charge in [0.05, 0.1) is 0 Å². The number of rotatable bonds is 0. The van der Waals surface area contributed by atoms with Crippen molar-refractivity contribution in [1.29, 1.82) is 0 Å². The minimum absolute atomic E-state index is 0.261. The van der Waals surface area contributed by atoms with Gasteiger partial charge in [0.25, 0.3) is 0 Å². The van der Waals surface area contributed by atoms with Crippen LogP contribution in [0.5, 0.6) is 5.75 Å². The molecule has 1 saturated carbocycles. The van der Waals surface area contributed by atoms with E-state index in [0.717, 1.165) is 18.6 Å². The van der Waals surface area contributed by atoms with Crippen LogP contribution < -0.4 is 4.74 Å². The van der Waals surface area contributed by atoms with E-state index in [1.54, 1.807) is 0 Å². The molecule has 1 aromatic carbocycles. The summed E-state index contributed by atoms with van der Waals surface area (Å²) in [5.74, 6) is 1.48. The van der Waals surface area contributed by atoms with Crippen LogP contribution in [0.15, 0.2) is 24.3 Å². The van der Waals surface area contributed by atoms with Crippen LogP contribution in [0.4, 0.5) is 0 Å². The average molecular weight is 209 g/mol. The van der Waals surface area contributed by atoms with E-state index >= 15 is 0 Å². The summed E-state index contributed by atoms with van der Waals surface area (Å²) < 4.78 is 5.90. The molecule has 0 aromatic heterocycles. The van der Waals surface area contributed by atoms with Gasteiger partial charge >= 0.3 is 0 Å². The second-order valence-corrected chi connectivity index (χ2v) is 4.73. The molecule has 0 bridgehead atoms. The number of fused-ring (bicyclic) bond motifs is 3. The Kier molecular flexibility index (Phi) is 1.94. The summed E-state index contributed by atoms with van der Waals surface area (Å²) in [7, 11) is 0. The van der Waals surface area contributed by atoms with Crippen LogP contribution in [0.2, 0.25) is 0 Å². The van der Waals surface area contributed by atoms with E-state index < -0.39 is 0 Å². The zero-order valence-electron chi connectivity index (χ0n) is 7.95.